The molecule has 2 bridgehead atoms. The first-order valence-electron chi connectivity index (χ1n) is 8.82. The lowest BCUT2D eigenvalue weighted by Crippen LogP contribution is -2.49. The minimum atomic E-state index is 0.389. The first kappa shape index (κ1) is 12.5. The summed E-state index contributed by atoms with van der Waals surface area (Å²) < 4.78 is 6.49. The van der Waals surface area contributed by atoms with E-state index < -0.39 is 0 Å². The van der Waals surface area contributed by atoms with Crippen molar-refractivity contribution in [2.45, 2.75) is 96.1 Å². The van der Waals surface area contributed by atoms with Crippen LogP contribution >= 0.6 is 0 Å². The van der Waals surface area contributed by atoms with Gasteiger partial charge in [0.25, 0.3) is 0 Å². The lowest BCUT2D eigenvalue weighted by Gasteiger charge is -2.42. The van der Waals surface area contributed by atoms with Gasteiger partial charge in [-0.15, -0.1) is 0 Å². The summed E-state index contributed by atoms with van der Waals surface area (Å²) in [4.78, 5) is 3.00. The zero-order chi connectivity index (χ0) is 13.9. The predicted octanol–water partition coefficient (Wildman–Crippen LogP) is 3.60. The Morgan fingerprint density at radius 1 is 1.05 bits per heavy atom. The van der Waals surface area contributed by atoms with Gasteiger partial charge in [-0.2, -0.15) is 0 Å². The van der Waals surface area contributed by atoms with Crippen molar-refractivity contribution < 1.29 is 4.74 Å². The fraction of sp³-hybridized carbons (Fsp3) is 1.00. The van der Waals surface area contributed by atoms with Crippen molar-refractivity contribution in [3.8, 4) is 0 Å². The molecule has 6 unspecified atom stereocenters. The van der Waals surface area contributed by atoms with E-state index in [-0.39, 0.29) is 0 Å². The summed E-state index contributed by atoms with van der Waals surface area (Å²) in [5.41, 5.74) is 1.39. The molecule has 5 fully saturated rings. The van der Waals surface area contributed by atoms with Crippen LogP contribution in [0.3, 0.4) is 0 Å². The van der Waals surface area contributed by atoms with Crippen molar-refractivity contribution in [2.24, 2.45) is 16.7 Å². The molecule has 1 aliphatic carbocycles. The SMILES string of the molecule is CC1(C)CC(C)(C)N2C1C1C3CCC(O3)C13CCCC23. The van der Waals surface area contributed by atoms with Crippen LogP contribution in [0.5, 0.6) is 0 Å². The Morgan fingerprint density at radius 3 is 2.65 bits per heavy atom. The van der Waals surface area contributed by atoms with Gasteiger partial charge in [-0.3, -0.25) is 4.90 Å². The van der Waals surface area contributed by atoms with Crippen molar-refractivity contribution in [2.75, 3.05) is 0 Å². The molecule has 1 spiro atoms. The summed E-state index contributed by atoms with van der Waals surface area (Å²) in [6.07, 6.45) is 9.54. The van der Waals surface area contributed by atoms with Crippen molar-refractivity contribution in [3.05, 3.63) is 0 Å². The van der Waals surface area contributed by atoms with E-state index in [1.165, 1.54) is 38.5 Å². The molecule has 5 rings (SSSR count). The molecule has 0 amide bonds. The van der Waals surface area contributed by atoms with Crippen molar-refractivity contribution in [1.82, 2.24) is 4.90 Å². The monoisotopic (exact) mass is 275 g/mol. The molecule has 2 heteroatoms. The first-order valence-corrected chi connectivity index (χ1v) is 8.82. The van der Waals surface area contributed by atoms with Gasteiger partial charge in [0.15, 0.2) is 0 Å². The molecular formula is C18H29NO. The Balaban J connectivity index is 1.70. The summed E-state index contributed by atoms with van der Waals surface area (Å²) in [5, 5.41) is 0. The quantitative estimate of drug-likeness (QED) is 0.670. The third-order valence-electron chi connectivity index (χ3n) is 7.74. The highest BCUT2D eigenvalue weighted by atomic mass is 16.5. The van der Waals surface area contributed by atoms with E-state index >= 15 is 0 Å². The largest absolute Gasteiger partial charge is 0.374 e. The van der Waals surface area contributed by atoms with Crippen LogP contribution in [0.2, 0.25) is 0 Å². The van der Waals surface area contributed by atoms with Crippen molar-refractivity contribution in [3.63, 3.8) is 0 Å². The standard InChI is InChI=1S/C18H29NO/c1-16(2)10-17(3,4)19-12-6-5-9-18(12)13-8-7-11(20-13)14(18)15(16)19/h11-15H,5-10H2,1-4H3. The second-order valence-corrected chi connectivity index (χ2v) is 9.62. The Bertz CT molecular complexity index is 470. The fourth-order valence-corrected chi connectivity index (χ4v) is 7.92. The number of rotatable bonds is 0. The highest BCUT2D eigenvalue weighted by Crippen LogP contribution is 2.72. The summed E-state index contributed by atoms with van der Waals surface area (Å²) in [5.74, 6) is 0.838. The van der Waals surface area contributed by atoms with E-state index in [9.17, 15) is 0 Å². The normalized spacial score (nSPS) is 57.9. The van der Waals surface area contributed by atoms with Gasteiger partial charge in [0.2, 0.25) is 0 Å². The summed E-state index contributed by atoms with van der Waals surface area (Å²) in [6.45, 7) is 10.1. The summed E-state index contributed by atoms with van der Waals surface area (Å²) >= 11 is 0. The maximum Gasteiger partial charge on any atom is 0.0655 e. The van der Waals surface area contributed by atoms with Crippen LogP contribution in [0.25, 0.3) is 0 Å². The fourth-order valence-electron chi connectivity index (χ4n) is 7.92. The molecule has 112 valence electrons. The zero-order valence-corrected chi connectivity index (χ0v) is 13.5. The van der Waals surface area contributed by atoms with E-state index in [2.05, 4.69) is 32.6 Å². The molecule has 0 N–H and O–H groups in total. The average molecular weight is 275 g/mol. The van der Waals surface area contributed by atoms with E-state index in [0.29, 0.717) is 28.6 Å². The number of fused-ring (bicyclic) bond motifs is 6. The third kappa shape index (κ3) is 1.11. The number of ether oxygens (including phenoxy) is 1. The lowest BCUT2D eigenvalue weighted by molar-refractivity contribution is 0.00404. The third-order valence-corrected chi connectivity index (χ3v) is 7.74. The van der Waals surface area contributed by atoms with Crippen molar-refractivity contribution in [1.29, 1.82) is 0 Å². The smallest absolute Gasteiger partial charge is 0.0655 e. The molecule has 0 aromatic carbocycles. The van der Waals surface area contributed by atoms with Gasteiger partial charge >= 0.3 is 0 Å². The maximum absolute atomic E-state index is 6.49. The second kappa shape index (κ2) is 3.30. The van der Waals surface area contributed by atoms with Gasteiger partial charge < -0.3 is 4.74 Å². The molecule has 0 aromatic heterocycles. The summed E-state index contributed by atoms with van der Waals surface area (Å²) in [6, 6.07) is 1.60. The molecule has 2 nitrogen and oxygen atoms in total. The number of nitrogens with zero attached hydrogens (tertiary/aromatic N) is 1. The first-order chi connectivity index (χ1) is 9.38. The number of hydrogen-bond donors (Lipinski definition) is 0. The van der Waals surface area contributed by atoms with Crippen LogP contribution < -0.4 is 0 Å². The van der Waals surface area contributed by atoms with Crippen LogP contribution in [0.1, 0.15) is 66.2 Å². The predicted molar refractivity (Wildman–Crippen MR) is 79.6 cm³/mol. The van der Waals surface area contributed by atoms with E-state index in [0.717, 1.165) is 18.0 Å². The molecule has 4 heterocycles. The van der Waals surface area contributed by atoms with Crippen LogP contribution in [0, 0.1) is 16.7 Å². The van der Waals surface area contributed by atoms with Gasteiger partial charge in [0, 0.05) is 29.0 Å². The highest BCUT2D eigenvalue weighted by molar-refractivity contribution is 5.27. The Hall–Kier alpha value is -0.0800. The zero-order valence-electron chi connectivity index (χ0n) is 13.5. The molecule has 4 aliphatic heterocycles. The van der Waals surface area contributed by atoms with Crippen LogP contribution in [0.4, 0.5) is 0 Å². The molecule has 1 saturated carbocycles. The second-order valence-electron chi connectivity index (χ2n) is 9.62. The maximum atomic E-state index is 6.49. The topological polar surface area (TPSA) is 12.5 Å². The minimum Gasteiger partial charge on any atom is -0.374 e. The highest BCUT2D eigenvalue weighted by Gasteiger charge is 2.77. The molecule has 6 atom stereocenters. The molecule has 20 heavy (non-hydrogen) atoms. The van der Waals surface area contributed by atoms with Crippen LogP contribution in [-0.4, -0.2) is 34.7 Å². The molecular weight excluding hydrogens is 246 g/mol. The molecule has 0 aromatic rings. The van der Waals surface area contributed by atoms with Gasteiger partial charge in [-0.05, 0) is 51.4 Å². The van der Waals surface area contributed by atoms with Gasteiger partial charge in [-0.1, -0.05) is 20.3 Å². The minimum absolute atomic E-state index is 0.389. The van der Waals surface area contributed by atoms with Crippen LogP contribution in [0.15, 0.2) is 0 Å². The average Bonchev–Trinajstić information content (AvgIpc) is 3.02. The lowest BCUT2D eigenvalue weighted by atomic mass is 9.60. The molecule has 4 saturated heterocycles. The van der Waals surface area contributed by atoms with E-state index in [4.69, 9.17) is 4.74 Å². The van der Waals surface area contributed by atoms with Crippen molar-refractivity contribution >= 4 is 0 Å². The summed E-state index contributed by atoms with van der Waals surface area (Å²) in [7, 11) is 0. The van der Waals surface area contributed by atoms with E-state index in [1.54, 1.807) is 0 Å². The van der Waals surface area contributed by atoms with Crippen LogP contribution in [-0.2, 0) is 4.74 Å². The van der Waals surface area contributed by atoms with Gasteiger partial charge in [-0.25, -0.2) is 0 Å². The Morgan fingerprint density at radius 2 is 1.85 bits per heavy atom. The molecule has 0 radical (unpaired) electrons. The molecule has 5 aliphatic rings. The van der Waals surface area contributed by atoms with E-state index in [1.807, 2.05) is 0 Å². The van der Waals surface area contributed by atoms with Gasteiger partial charge in [0.1, 0.15) is 0 Å². The Kier molecular flexibility index (Phi) is 2.06. The number of hydrogen-bond acceptors (Lipinski definition) is 2. The van der Waals surface area contributed by atoms with Gasteiger partial charge in [0.05, 0.1) is 12.2 Å². The Labute approximate surface area is 123 Å².